The molecule has 4 aliphatic rings. The van der Waals surface area contributed by atoms with Crippen LogP contribution in [0.3, 0.4) is 0 Å². The maximum Gasteiger partial charge on any atom is 0.217 e. The third kappa shape index (κ3) is 10.9. The normalized spacial score (nSPS) is 46.5. The molecule has 0 spiro atoms. The Morgan fingerprint density at radius 3 is 1.68 bits per heavy atom. The molecular formula is C32H57NO24. The highest BCUT2D eigenvalue weighted by Crippen LogP contribution is 2.36. The first kappa shape index (κ1) is 48.2. The minimum atomic E-state index is -2.05. The van der Waals surface area contributed by atoms with Crippen LogP contribution < -0.4 is 5.32 Å². The Labute approximate surface area is 325 Å². The summed E-state index contributed by atoms with van der Waals surface area (Å²) in [6.07, 6.45) is -40.7. The number of rotatable bonds is 16. The zero-order valence-corrected chi connectivity index (χ0v) is 31.1. The van der Waals surface area contributed by atoms with Crippen LogP contribution in [0.4, 0.5) is 0 Å². The van der Waals surface area contributed by atoms with Gasteiger partial charge in [-0.15, -0.1) is 0 Å². The molecule has 0 aromatic carbocycles. The van der Waals surface area contributed by atoms with Gasteiger partial charge in [-0.05, 0) is 13.8 Å². The molecule has 57 heavy (non-hydrogen) atoms. The largest absolute Gasteiger partial charge is 0.394 e. The van der Waals surface area contributed by atoms with E-state index in [0.717, 1.165) is 6.92 Å². The lowest BCUT2D eigenvalue weighted by molar-refractivity contribution is -0.399. The maximum absolute atomic E-state index is 12.1. The Bertz CT molecular complexity index is 1240. The van der Waals surface area contributed by atoms with Gasteiger partial charge in [-0.2, -0.15) is 0 Å². The predicted molar refractivity (Wildman–Crippen MR) is 178 cm³/mol. The van der Waals surface area contributed by atoms with Gasteiger partial charge in [0.25, 0.3) is 0 Å². The second kappa shape index (κ2) is 20.9. The average molecular weight is 840 g/mol. The van der Waals surface area contributed by atoms with Crippen molar-refractivity contribution in [3.63, 3.8) is 0 Å². The average Bonchev–Trinajstić information content (AvgIpc) is 3.18. The molecule has 334 valence electrons. The number of ether oxygens (including phenoxy) is 8. The van der Waals surface area contributed by atoms with Gasteiger partial charge in [-0.3, -0.25) is 4.79 Å². The fourth-order valence-corrected chi connectivity index (χ4v) is 6.79. The van der Waals surface area contributed by atoms with Crippen LogP contribution in [0.1, 0.15) is 20.8 Å². The molecule has 4 saturated heterocycles. The summed E-state index contributed by atoms with van der Waals surface area (Å²) in [7, 11) is 0. The van der Waals surface area contributed by atoms with Crippen LogP contribution in [0, 0.1) is 0 Å². The summed E-state index contributed by atoms with van der Waals surface area (Å²) < 4.78 is 46.1. The van der Waals surface area contributed by atoms with Crippen molar-refractivity contribution in [1.82, 2.24) is 5.32 Å². The van der Waals surface area contributed by atoms with Crippen molar-refractivity contribution in [3.8, 4) is 0 Å². The van der Waals surface area contributed by atoms with Crippen molar-refractivity contribution in [3.05, 3.63) is 0 Å². The quantitative estimate of drug-likeness (QED) is 0.0686. The van der Waals surface area contributed by atoms with E-state index in [1.807, 2.05) is 0 Å². The number of carbonyl (C=O) groups is 1. The number of amides is 1. The first-order chi connectivity index (χ1) is 26.8. The number of nitrogens with one attached hydrogen (secondary N) is 1. The van der Waals surface area contributed by atoms with E-state index in [1.165, 1.54) is 13.8 Å². The van der Waals surface area contributed by atoms with Crippen LogP contribution in [-0.2, 0) is 42.7 Å². The fraction of sp³-hybridized carbons (Fsp3) is 0.969. The van der Waals surface area contributed by atoms with E-state index in [1.54, 1.807) is 0 Å². The van der Waals surface area contributed by atoms with Crippen LogP contribution in [-0.4, -0.2) is 256 Å². The molecular weight excluding hydrogens is 782 g/mol. The van der Waals surface area contributed by atoms with Gasteiger partial charge in [0.05, 0.1) is 38.6 Å². The van der Waals surface area contributed by atoms with Crippen LogP contribution >= 0.6 is 0 Å². The molecule has 0 aromatic heterocycles. The summed E-state index contributed by atoms with van der Waals surface area (Å²) in [5.74, 6) is -0.716. The number of aliphatic hydroxyl groups is 15. The van der Waals surface area contributed by atoms with Crippen molar-refractivity contribution in [2.75, 3.05) is 26.4 Å². The van der Waals surface area contributed by atoms with Gasteiger partial charge in [-0.25, -0.2) is 0 Å². The maximum atomic E-state index is 12.1. The molecule has 0 aliphatic carbocycles. The van der Waals surface area contributed by atoms with E-state index in [9.17, 15) is 76.3 Å². The van der Waals surface area contributed by atoms with Crippen LogP contribution in [0.25, 0.3) is 0 Å². The van der Waals surface area contributed by atoms with Gasteiger partial charge in [0.15, 0.2) is 25.2 Å². The number of hydrogen-bond donors (Lipinski definition) is 16. The molecule has 4 rings (SSSR count). The van der Waals surface area contributed by atoms with E-state index < -0.39 is 180 Å². The standard InChI is InChI=1S/C32H57NO24/c1-8-16(40)22(46)24(48)31(51-8)57-28-27(56-29-15(33-10(3)37)21(45)20(44)13(5-35)53-29)17(41)9(2)52-32(28)55-26-14(6-36)54-30(25(49)23(26)47)50-7-12(39)19(43)18(42)11(38)4-34/h8-9,11-32,34-36,38-49H,4-7H2,1-3H3,(H,33,37)/t8-,9+,11-,12+,13+,14+,15+,16-,17+,18+,19-,20-,21+,22+,23+,24+,25+,26+,27-,28-,29+,30+,31-,32-/m0/s1. The molecule has 0 radical (unpaired) electrons. The summed E-state index contributed by atoms with van der Waals surface area (Å²) in [5, 5.41) is 158. The Morgan fingerprint density at radius 1 is 0.561 bits per heavy atom. The number of aliphatic hydroxyl groups excluding tert-OH is 15. The van der Waals surface area contributed by atoms with Gasteiger partial charge >= 0.3 is 0 Å². The zero-order chi connectivity index (χ0) is 42.6. The van der Waals surface area contributed by atoms with Crippen LogP contribution in [0.2, 0.25) is 0 Å². The monoisotopic (exact) mass is 839 g/mol. The summed E-state index contributed by atoms with van der Waals surface area (Å²) in [5.41, 5.74) is 0. The van der Waals surface area contributed by atoms with E-state index in [2.05, 4.69) is 5.32 Å². The minimum Gasteiger partial charge on any atom is -0.394 e. The number of hydrogen-bond acceptors (Lipinski definition) is 24. The molecule has 4 aliphatic heterocycles. The van der Waals surface area contributed by atoms with Gasteiger partial charge in [-0.1, -0.05) is 0 Å². The van der Waals surface area contributed by atoms with Crippen molar-refractivity contribution < 1.29 is 119 Å². The topological polar surface area (TPSA) is 406 Å². The predicted octanol–water partition coefficient (Wildman–Crippen LogP) is -10.1. The Hall–Kier alpha value is -1.45. The summed E-state index contributed by atoms with van der Waals surface area (Å²) in [4.78, 5) is 12.1. The summed E-state index contributed by atoms with van der Waals surface area (Å²) in [6, 6.07) is -1.54. The second-order valence-corrected chi connectivity index (χ2v) is 14.5. The van der Waals surface area contributed by atoms with Crippen LogP contribution in [0.15, 0.2) is 0 Å². The molecule has 0 unspecified atom stereocenters. The lowest BCUT2D eigenvalue weighted by atomic mass is 9.95. The second-order valence-electron chi connectivity index (χ2n) is 14.5. The molecule has 16 N–H and O–H groups in total. The zero-order valence-electron chi connectivity index (χ0n) is 31.1. The molecule has 24 atom stereocenters. The molecule has 4 heterocycles. The van der Waals surface area contributed by atoms with E-state index >= 15 is 0 Å². The van der Waals surface area contributed by atoms with E-state index in [0.29, 0.717) is 0 Å². The highest BCUT2D eigenvalue weighted by Gasteiger charge is 2.56. The van der Waals surface area contributed by atoms with Crippen molar-refractivity contribution in [2.45, 2.75) is 168 Å². The third-order valence-corrected chi connectivity index (χ3v) is 10.3. The minimum absolute atomic E-state index is 0.716. The Kier molecular flexibility index (Phi) is 17.7. The first-order valence-electron chi connectivity index (χ1n) is 18.2. The van der Waals surface area contributed by atoms with Crippen LogP contribution in [0.5, 0.6) is 0 Å². The molecule has 4 fully saturated rings. The third-order valence-electron chi connectivity index (χ3n) is 10.3. The van der Waals surface area contributed by atoms with Gasteiger partial charge in [0, 0.05) is 6.92 Å². The lowest BCUT2D eigenvalue weighted by Crippen LogP contribution is -2.69. The molecule has 0 saturated carbocycles. The highest BCUT2D eigenvalue weighted by atomic mass is 16.8. The molecule has 25 heteroatoms. The summed E-state index contributed by atoms with van der Waals surface area (Å²) in [6.45, 7) is 0.134. The van der Waals surface area contributed by atoms with E-state index in [-0.39, 0.29) is 0 Å². The lowest BCUT2D eigenvalue weighted by Gasteiger charge is -2.50. The van der Waals surface area contributed by atoms with E-state index in [4.69, 9.17) is 43.0 Å². The Balaban J connectivity index is 1.63. The molecule has 0 bridgehead atoms. The van der Waals surface area contributed by atoms with Crippen molar-refractivity contribution in [1.29, 1.82) is 0 Å². The van der Waals surface area contributed by atoms with Crippen molar-refractivity contribution in [2.24, 2.45) is 0 Å². The molecule has 25 nitrogen and oxygen atoms in total. The van der Waals surface area contributed by atoms with Crippen molar-refractivity contribution >= 4 is 5.91 Å². The molecule has 0 aromatic rings. The van der Waals surface area contributed by atoms with Gasteiger partial charge < -0.3 is 120 Å². The highest BCUT2D eigenvalue weighted by molar-refractivity contribution is 5.73. The smallest absolute Gasteiger partial charge is 0.217 e. The number of carbonyl (C=O) groups excluding carboxylic acids is 1. The summed E-state index contributed by atoms with van der Waals surface area (Å²) >= 11 is 0. The SMILES string of the molecule is CC(=O)N[C@H]1[C@@H](O[C@H]2[C@H](O)[C@@H](C)O[C@@H](O[C@H]3[C@H](O)[C@@H](O)[C@H](OC[C@@H](O)[C@H](O)[C@H](O)[C@@H](O)CO)O[C@@H]3CO)[C@H]2O[C@@H]2O[C@@H](C)[C@H](O)[C@@H](O)[C@H]2O)O[C@H](CO)[C@H](O)[C@@H]1O. The van der Waals surface area contributed by atoms with Gasteiger partial charge in [0.1, 0.15) is 110 Å². The Morgan fingerprint density at radius 2 is 1.09 bits per heavy atom. The molecule has 1 amide bonds. The van der Waals surface area contributed by atoms with Gasteiger partial charge in [0.2, 0.25) is 5.91 Å². The first-order valence-corrected chi connectivity index (χ1v) is 18.2. The fourth-order valence-electron chi connectivity index (χ4n) is 6.79.